The maximum atomic E-state index is 13.0. The molecule has 0 bridgehead atoms. The minimum atomic E-state index is -5.85. The van der Waals surface area contributed by atoms with E-state index in [1.807, 2.05) is 0 Å². The second-order valence-electron chi connectivity index (χ2n) is 6.75. The first-order valence-electron chi connectivity index (χ1n) is 9.04. The van der Waals surface area contributed by atoms with Crippen LogP contribution in [0.5, 0.6) is 0 Å². The molecule has 0 radical (unpaired) electrons. The lowest BCUT2D eigenvalue weighted by atomic mass is 10.4. The first-order valence-corrected chi connectivity index (χ1v) is 14.5. The number of alkyl halides is 6. The second kappa shape index (κ2) is 10.7. The molecule has 0 saturated carbocycles. The van der Waals surface area contributed by atoms with Crippen LogP contribution in [0.3, 0.4) is 0 Å². The topological polar surface area (TPSA) is 92.1 Å². The van der Waals surface area contributed by atoms with E-state index in [0.29, 0.717) is 25.7 Å². The average molecular weight is 494 g/mol. The van der Waals surface area contributed by atoms with Crippen LogP contribution in [0, 0.1) is 5.41 Å². The number of nitrogens with one attached hydrogen (secondary N) is 1. The molecular weight excluding hydrogens is 467 g/mol. The van der Waals surface area contributed by atoms with E-state index in [9.17, 15) is 43.2 Å². The van der Waals surface area contributed by atoms with Crippen molar-refractivity contribution in [3.8, 4) is 0 Å². The number of unbranched alkanes of at least 4 members (excludes halogenated alkanes) is 3. The molecule has 0 aromatic carbocycles. The third-order valence-electron chi connectivity index (χ3n) is 4.47. The standard InChI is InChI=1S/C15H27F6NO4PS2/c1-3-5-9-27(10-6-4-2,13(22)29(25,26)15(19,20)21)11-7-8-12-28(23,24)14(16,17)18/h22H,3-12H2,1-2H3/q+1. The second-order valence-corrected chi connectivity index (χ2v) is 15.1. The van der Waals surface area contributed by atoms with Crippen molar-refractivity contribution in [2.24, 2.45) is 0 Å². The van der Waals surface area contributed by atoms with Crippen molar-refractivity contribution < 1.29 is 43.2 Å². The Bertz CT molecular complexity index is 740. The molecule has 174 valence electrons. The van der Waals surface area contributed by atoms with E-state index in [2.05, 4.69) is 0 Å². The van der Waals surface area contributed by atoms with Crippen molar-refractivity contribution >= 4 is 31.7 Å². The normalized spacial score (nSPS) is 14.2. The highest BCUT2D eigenvalue weighted by Crippen LogP contribution is 2.64. The zero-order valence-corrected chi connectivity index (χ0v) is 18.8. The molecule has 1 N–H and O–H groups in total. The molecule has 0 aliphatic carbocycles. The van der Waals surface area contributed by atoms with Gasteiger partial charge in [0.25, 0.3) is 4.78 Å². The quantitative estimate of drug-likeness (QED) is 0.133. The van der Waals surface area contributed by atoms with Gasteiger partial charge in [0.2, 0.25) is 9.84 Å². The summed E-state index contributed by atoms with van der Waals surface area (Å²) in [6.07, 6.45) is 1.06. The monoisotopic (exact) mass is 494 g/mol. The van der Waals surface area contributed by atoms with Crippen molar-refractivity contribution in [1.82, 2.24) is 0 Å². The van der Waals surface area contributed by atoms with Crippen molar-refractivity contribution in [2.45, 2.75) is 63.4 Å². The van der Waals surface area contributed by atoms with Crippen molar-refractivity contribution in [2.75, 3.05) is 24.2 Å². The summed E-state index contributed by atoms with van der Waals surface area (Å²) in [4.78, 5) is -1.38. The molecule has 0 aromatic rings. The van der Waals surface area contributed by atoms with E-state index in [0.717, 1.165) is 0 Å². The minimum Gasteiger partial charge on any atom is -0.258 e. The zero-order chi connectivity index (χ0) is 23.1. The zero-order valence-electron chi connectivity index (χ0n) is 16.2. The summed E-state index contributed by atoms with van der Waals surface area (Å²) >= 11 is 0. The third-order valence-corrected chi connectivity index (χ3v) is 13.4. The fraction of sp³-hybridized carbons (Fsp3) is 0.933. The Morgan fingerprint density at radius 1 is 0.759 bits per heavy atom. The molecule has 14 heteroatoms. The van der Waals surface area contributed by atoms with Crippen LogP contribution in [-0.2, 0) is 19.7 Å². The van der Waals surface area contributed by atoms with E-state index in [1.165, 1.54) is 0 Å². The Labute approximate surface area is 168 Å². The highest BCUT2D eigenvalue weighted by Gasteiger charge is 2.59. The highest BCUT2D eigenvalue weighted by atomic mass is 32.2. The molecule has 0 atom stereocenters. The molecule has 0 unspecified atom stereocenters. The van der Waals surface area contributed by atoms with Crippen molar-refractivity contribution in [3.63, 3.8) is 0 Å². The Hall–Kier alpha value is -0.420. The molecule has 5 nitrogen and oxygen atoms in total. The highest BCUT2D eigenvalue weighted by molar-refractivity contribution is 8.24. The predicted octanol–water partition coefficient (Wildman–Crippen LogP) is 5.19. The fourth-order valence-corrected chi connectivity index (χ4v) is 10.9. The van der Waals surface area contributed by atoms with Crippen LogP contribution in [0.2, 0.25) is 0 Å². The van der Waals surface area contributed by atoms with E-state index in [-0.39, 0.29) is 24.9 Å². The van der Waals surface area contributed by atoms with E-state index in [1.54, 1.807) is 13.8 Å². The summed E-state index contributed by atoms with van der Waals surface area (Å²) in [6.45, 7) is 3.48. The summed E-state index contributed by atoms with van der Waals surface area (Å²) in [5.41, 5.74) is -11.1. The molecule has 0 spiro atoms. The van der Waals surface area contributed by atoms with Gasteiger partial charge in [0.15, 0.2) is 0 Å². The Kier molecular flexibility index (Phi) is 10.6. The Morgan fingerprint density at radius 2 is 1.17 bits per heavy atom. The van der Waals surface area contributed by atoms with E-state index < -0.39 is 54.9 Å². The first kappa shape index (κ1) is 28.6. The van der Waals surface area contributed by atoms with Crippen LogP contribution in [0.25, 0.3) is 0 Å². The maximum Gasteiger partial charge on any atom is 0.506 e. The molecule has 0 fully saturated rings. The lowest BCUT2D eigenvalue weighted by Gasteiger charge is -2.27. The number of halogens is 6. The van der Waals surface area contributed by atoms with Gasteiger partial charge in [0.05, 0.1) is 31.5 Å². The van der Waals surface area contributed by atoms with Crippen LogP contribution in [-0.4, -0.2) is 56.9 Å². The lowest BCUT2D eigenvalue weighted by Crippen LogP contribution is -2.34. The fourth-order valence-electron chi connectivity index (χ4n) is 2.75. The van der Waals surface area contributed by atoms with Crippen molar-refractivity contribution in [1.29, 1.82) is 5.41 Å². The number of sulfone groups is 2. The lowest BCUT2D eigenvalue weighted by molar-refractivity contribution is -0.0437. The predicted molar refractivity (Wildman–Crippen MR) is 103 cm³/mol. The van der Waals surface area contributed by atoms with Crippen LogP contribution < -0.4 is 0 Å². The van der Waals surface area contributed by atoms with Crippen LogP contribution in [0.4, 0.5) is 26.3 Å². The largest absolute Gasteiger partial charge is 0.506 e. The van der Waals surface area contributed by atoms with Gasteiger partial charge in [-0.1, -0.05) is 26.7 Å². The summed E-state index contributed by atoms with van der Waals surface area (Å²) in [7, 11) is -14.4. The molecule has 0 aliphatic rings. The van der Waals surface area contributed by atoms with Gasteiger partial charge in [0.1, 0.15) is 0 Å². The summed E-state index contributed by atoms with van der Waals surface area (Å²) in [6, 6.07) is 0. The minimum absolute atomic E-state index is 0.0592. The SMILES string of the molecule is CCCC[P+](CCCC)(CCCCS(=O)(=O)C(F)(F)F)C(=N)S(=O)(=O)C(F)(F)F. The molecule has 0 rings (SSSR count). The number of rotatable bonds is 12. The van der Waals surface area contributed by atoms with E-state index in [4.69, 9.17) is 5.41 Å². The first-order chi connectivity index (χ1) is 13.0. The van der Waals surface area contributed by atoms with Gasteiger partial charge in [-0.05, 0) is 25.7 Å². The summed E-state index contributed by atoms with van der Waals surface area (Å²) in [5, 5.41) is 7.91. The van der Waals surface area contributed by atoms with Crippen LogP contribution in [0.15, 0.2) is 0 Å². The van der Waals surface area contributed by atoms with Gasteiger partial charge in [-0.2, -0.15) is 26.3 Å². The molecule has 0 saturated heterocycles. The maximum absolute atomic E-state index is 13.0. The molecular formula is C15H27F6NO4PS2+. The van der Waals surface area contributed by atoms with Gasteiger partial charge >= 0.3 is 20.9 Å². The van der Waals surface area contributed by atoms with Crippen LogP contribution >= 0.6 is 7.26 Å². The van der Waals surface area contributed by atoms with Gasteiger partial charge in [-0.25, -0.2) is 16.8 Å². The molecule has 0 aliphatic heterocycles. The summed E-state index contributed by atoms with van der Waals surface area (Å²) in [5.74, 6) is -1.22. The van der Waals surface area contributed by atoms with Gasteiger partial charge in [0, 0.05) is 0 Å². The van der Waals surface area contributed by atoms with E-state index >= 15 is 0 Å². The smallest absolute Gasteiger partial charge is 0.258 e. The average Bonchev–Trinajstić information content (AvgIpc) is 2.58. The molecule has 0 amide bonds. The number of hydrogen-bond donors (Lipinski definition) is 1. The Balaban J connectivity index is 5.71. The van der Waals surface area contributed by atoms with Crippen LogP contribution in [0.1, 0.15) is 52.4 Å². The molecule has 0 heterocycles. The van der Waals surface area contributed by atoms with Crippen molar-refractivity contribution in [3.05, 3.63) is 0 Å². The van der Waals surface area contributed by atoms with Gasteiger partial charge in [-0.3, -0.25) is 5.41 Å². The molecule has 29 heavy (non-hydrogen) atoms. The summed E-state index contributed by atoms with van der Waals surface area (Å²) < 4.78 is 122. The van der Waals surface area contributed by atoms with Gasteiger partial charge in [-0.15, -0.1) is 0 Å². The Morgan fingerprint density at radius 3 is 1.52 bits per heavy atom. The molecule has 0 aromatic heterocycles. The van der Waals surface area contributed by atoms with Gasteiger partial charge < -0.3 is 0 Å². The number of hydrogen-bond acceptors (Lipinski definition) is 5. The third kappa shape index (κ3) is 7.65.